The average Bonchev–Trinajstić information content (AvgIpc) is 2.73. The Morgan fingerprint density at radius 3 is 2.75 bits per heavy atom. The number of rotatable bonds is 1. The van der Waals surface area contributed by atoms with Gasteiger partial charge >= 0.3 is 0 Å². The number of piperidine rings is 1. The molecule has 1 heterocycles. The lowest BCUT2D eigenvalue weighted by Crippen LogP contribution is -2.30. The second kappa shape index (κ2) is 4.10. The van der Waals surface area contributed by atoms with Crippen LogP contribution < -0.4 is 10.6 Å². The summed E-state index contributed by atoms with van der Waals surface area (Å²) in [5.74, 6) is 0. The van der Waals surface area contributed by atoms with E-state index in [-0.39, 0.29) is 6.04 Å². The molecule has 2 N–H and O–H groups in total. The molecule has 1 aromatic carbocycles. The second-order valence-corrected chi connectivity index (χ2v) is 5.04. The Morgan fingerprint density at radius 1 is 1.12 bits per heavy atom. The molecule has 0 unspecified atom stereocenters. The van der Waals surface area contributed by atoms with Gasteiger partial charge < -0.3 is 10.6 Å². The van der Waals surface area contributed by atoms with Crippen molar-refractivity contribution in [1.29, 1.82) is 0 Å². The topological polar surface area (TPSA) is 29.3 Å². The lowest BCUT2D eigenvalue weighted by molar-refractivity contribution is 0.576. The van der Waals surface area contributed by atoms with E-state index in [0.29, 0.717) is 0 Å². The van der Waals surface area contributed by atoms with E-state index in [1.54, 1.807) is 0 Å². The van der Waals surface area contributed by atoms with Crippen LogP contribution in [-0.4, -0.2) is 13.1 Å². The lowest BCUT2D eigenvalue weighted by Gasteiger charge is -2.30. The van der Waals surface area contributed by atoms with Crippen molar-refractivity contribution in [2.24, 2.45) is 5.73 Å². The van der Waals surface area contributed by atoms with E-state index >= 15 is 0 Å². The van der Waals surface area contributed by atoms with Gasteiger partial charge in [-0.1, -0.05) is 12.1 Å². The predicted octanol–water partition coefficient (Wildman–Crippen LogP) is 2.62. The van der Waals surface area contributed by atoms with Gasteiger partial charge in [-0.3, -0.25) is 0 Å². The van der Waals surface area contributed by atoms with Crippen LogP contribution in [0.2, 0.25) is 0 Å². The minimum atomic E-state index is 0.278. The van der Waals surface area contributed by atoms with Crippen LogP contribution in [0.25, 0.3) is 0 Å². The van der Waals surface area contributed by atoms with Crippen LogP contribution in [0.5, 0.6) is 0 Å². The first-order valence-corrected chi connectivity index (χ1v) is 6.48. The molecule has 1 aliphatic carbocycles. The van der Waals surface area contributed by atoms with Crippen LogP contribution in [-0.2, 0) is 6.42 Å². The highest BCUT2D eigenvalue weighted by molar-refractivity contribution is 5.59. The number of nitrogens with two attached hydrogens (primary N) is 1. The Kier molecular flexibility index (Phi) is 2.60. The summed E-state index contributed by atoms with van der Waals surface area (Å²) in [6.07, 6.45) is 6.37. The second-order valence-electron chi connectivity index (χ2n) is 5.04. The lowest BCUT2D eigenvalue weighted by atomic mass is 10.0. The van der Waals surface area contributed by atoms with Gasteiger partial charge in [-0.05, 0) is 49.3 Å². The molecule has 2 nitrogen and oxygen atoms in total. The van der Waals surface area contributed by atoms with E-state index in [4.69, 9.17) is 5.73 Å². The van der Waals surface area contributed by atoms with Crippen molar-refractivity contribution in [3.05, 3.63) is 29.3 Å². The van der Waals surface area contributed by atoms with Gasteiger partial charge in [-0.15, -0.1) is 0 Å². The molecule has 3 rings (SSSR count). The molecule has 86 valence electrons. The standard InChI is InChI=1S/C14H20N2/c15-13-8-7-12-11(13)5-4-6-14(12)16-9-2-1-3-10-16/h4-6,13H,1-3,7-10,15H2/t13-/m0/s1. The van der Waals surface area contributed by atoms with Gasteiger partial charge in [0.1, 0.15) is 0 Å². The molecule has 2 heteroatoms. The number of benzene rings is 1. The van der Waals surface area contributed by atoms with Crippen molar-refractivity contribution in [2.75, 3.05) is 18.0 Å². The molecule has 1 saturated heterocycles. The van der Waals surface area contributed by atoms with Crippen LogP contribution in [0.3, 0.4) is 0 Å². The Balaban J connectivity index is 1.95. The highest BCUT2D eigenvalue weighted by Gasteiger charge is 2.24. The van der Waals surface area contributed by atoms with Gasteiger partial charge in [0, 0.05) is 24.8 Å². The smallest absolute Gasteiger partial charge is 0.0402 e. The van der Waals surface area contributed by atoms with Crippen molar-refractivity contribution in [2.45, 2.75) is 38.1 Å². The molecular weight excluding hydrogens is 196 g/mol. The summed E-state index contributed by atoms with van der Waals surface area (Å²) in [5.41, 5.74) is 10.5. The van der Waals surface area contributed by atoms with E-state index < -0.39 is 0 Å². The number of hydrogen-bond acceptors (Lipinski definition) is 2. The Morgan fingerprint density at radius 2 is 1.94 bits per heavy atom. The van der Waals surface area contributed by atoms with Crippen LogP contribution in [0.15, 0.2) is 18.2 Å². The maximum atomic E-state index is 6.13. The predicted molar refractivity (Wildman–Crippen MR) is 67.8 cm³/mol. The summed E-state index contributed by atoms with van der Waals surface area (Å²) in [7, 11) is 0. The zero-order valence-electron chi connectivity index (χ0n) is 9.78. The molecule has 0 saturated carbocycles. The maximum absolute atomic E-state index is 6.13. The zero-order valence-corrected chi connectivity index (χ0v) is 9.78. The van der Waals surface area contributed by atoms with Gasteiger partial charge in [0.15, 0.2) is 0 Å². The maximum Gasteiger partial charge on any atom is 0.0402 e. The Hall–Kier alpha value is -1.02. The third-order valence-corrected chi connectivity index (χ3v) is 3.99. The number of fused-ring (bicyclic) bond motifs is 1. The number of anilines is 1. The summed E-state index contributed by atoms with van der Waals surface area (Å²) in [4.78, 5) is 2.56. The van der Waals surface area contributed by atoms with Crippen molar-refractivity contribution in [1.82, 2.24) is 0 Å². The third-order valence-electron chi connectivity index (χ3n) is 3.99. The van der Waals surface area contributed by atoms with Crippen LogP contribution in [0.1, 0.15) is 42.9 Å². The molecule has 1 aliphatic heterocycles. The van der Waals surface area contributed by atoms with Gasteiger partial charge in [0.2, 0.25) is 0 Å². The molecule has 0 spiro atoms. The summed E-state index contributed by atoms with van der Waals surface area (Å²) in [6.45, 7) is 2.46. The number of hydrogen-bond donors (Lipinski definition) is 1. The first kappa shape index (κ1) is 10.2. The summed E-state index contributed by atoms with van der Waals surface area (Å²) in [5, 5.41) is 0. The Bertz CT molecular complexity index is 380. The first-order chi connectivity index (χ1) is 7.86. The SMILES string of the molecule is N[C@H]1CCc2c1cccc2N1CCCCC1. The van der Waals surface area contributed by atoms with Crippen molar-refractivity contribution < 1.29 is 0 Å². The molecule has 0 amide bonds. The van der Waals surface area contributed by atoms with E-state index in [1.807, 2.05) is 0 Å². The summed E-state index contributed by atoms with van der Waals surface area (Å²) < 4.78 is 0. The number of nitrogens with zero attached hydrogens (tertiary/aromatic N) is 1. The first-order valence-electron chi connectivity index (χ1n) is 6.48. The highest BCUT2D eigenvalue weighted by atomic mass is 15.1. The minimum absolute atomic E-state index is 0.278. The fourth-order valence-electron chi connectivity index (χ4n) is 3.10. The van der Waals surface area contributed by atoms with Gasteiger partial charge in [-0.25, -0.2) is 0 Å². The Labute approximate surface area is 97.4 Å². The molecule has 0 aromatic heterocycles. The molecule has 1 aromatic rings. The van der Waals surface area contributed by atoms with E-state index in [9.17, 15) is 0 Å². The average molecular weight is 216 g/mol. The summed E-state index contributed by atoms with van der Waals surface area (Å²) >= 11 is 0. The highest BCUT2D eigenvalue weighted by Crippen LogP contribution is 2.36. The molecular formula is C14H20N2. The molecule has 1 atom stereocenters. The van der Waals surface area contributed by atoms with Crippen LogP contribution in [0.4, 0.5) is 5.69 Å². The molecule has 1 fully saturated rings. The van der Waals surface area contributed by atoms with E-state index in [0.717, 1.165) is 6.42 Å². The van der Waals surface area contributed by atoms with Crippen molar-refractivity contribution >= 4 is 5.69 Å². The molecule has 16 heavy (non-hydrogen) atoms. The van der Waals surface area contributed by atoms with Gasteiger partial charge in [0.25, 0.3) is 0 Å². The minimum Gasteiger partial charge on any atom is -0.371 e. The van der Waals surface area contributed by atoms with Gasteiger partial charge in [0.05, 0.1) is 0 Å². The monoisotopic (exact) mass is 216 g/mol. The van der Waals surface area contributed by atoms with Crippen LogP contribution in [0, 0.1) is 0 Å². The van der Waals surface area contributed by atoms with E-state index in [1.165, 1.54) is 55.6 Å². The normalized spacial score (nSPS) is 24.6. The molecule has 2 aliphatic rings. The molecule has 0 radical (unpaired) electrons. The van der Waals surface area contributed by atoms with Gasteiger partial charge in [-0.2, -0.15) is 0 Å². The van der Waals surface area contributed by atoms with Crippen molar-refractivity contribution in [3.8, 4) is 0 Å². The van der Waals surface area contributed by atoms with Crippen molar-refractivity contribution in [3.63, 3.8) is 0 Å². The third kappa shape index (κ3) is 1.61. The molecule has 0 bridgehead atoms. The quantitative estimate of drug-likeness (QED) is 0.782. The fourth-order valence-corrected chi connectivity index (χ4v) is 3.10. The largest absolute Gasteiger partial charge is 0.371 e. The van der Waals surface area contributed by atoms with Crippen LogP contribution >= 0.6 is 0 Å². The summed E-state index contributed by atoms with van der Waals surface area (Å²) in [6, 6.07) is 6.94. The fraction of sp³-hybridized carbons (Fsp3) is 0.571. The van der Waals surface area contributed by atoms with E-state index in [2.05, 4.69) is 23.1 Å². The zero-order chi connectivity index (χ0) is 11.0.